The molecular weight excluding hydrogens is 454 g/mol. The normalized spacial score (nSPS) is 21.8. The highest BCUT2D eigenvalue weighted by atomic mass is 16.6. The molecule has 2 fully saturated rings. The minimum absolute atomic E-state index is 0.0231. The highest BCUT2D eigenvalue weighted by molar-refractivity contribution is 5.88. The lowest BCUT2D eigenvalue weighted by Crippen LogP contribution is -2.55. The van der Waals surface area contributed by atoms with Crippen LogP contribution in [0, 0.1) is 17.2 Å². The Kier molecular flexibility index (Phi) is 6.17. The number of H-pyrrole nitrogens is 1. The lowest BCUT2D eigenvalue weighted by molar-refractivity contribution is -0.128. The second-order valence-electron chi connectivity index (χ2n) is 10.8. The number of nitrogens with one attached hydrogen (secondary N) is 2. The van der Waals surface area contributed by atoms with Gasteiger partial charge in [0.1, 0.15) is 17.7 Å². The van der Waals surface area contributed by atoms with Gasteiger partial charge in [-0.1, -0.05) is 30.3 Å². The molecule has 2 aromatic carbocycles. The van der Waals surface area contributed by atoms with Crippen LogP contribution in [0.25, 0.3) is 22.0 Å². The maximum absolute atomic E-state index is 13.3. The summed E-state index contributed by atoms with van der Waals surface area (Å²) in [7, 11) is 0. The number of nitriles is 1. The molecule has 0 unspecified atom stereocenters. The number of hydrogen-bond donors (Lipinski definition) is 2. The van der Waals surface area contributed by atoms with Gasteiger partial charge in [0.25, 0.3) is 0 Å². The molecule has 2 amide bonds. The molecule has 1 saturated carbocycles. The third-order valence-corrected chi connectivity index (χ3v) is 7.10. The van der Waals surface area contributed by atoms with Crippen molar-refractivity contribution >= 4 is 22.9 Å². The Hall–Kier alpha value is -3.86. The van der Waals surface area contributed by atoms with Crippen LogP contribution in [0.3, 0.4) is 0 Å². The van der Waals surface area contributed by atoms with E-state index in [1.807, 2.05) is 57.2 Å². The zero-order valence-electron chi connectivity index (χ0n) is 20.8. The number of amides is 2. The van der Waals surface area contributed by atoms with Crippen LogP contribution in [-0.4, -0.2) is 50.8 Å². The van der Waals surface area contributed by atoms with Gasteiger partial charge in [-0.05, 0) is 74.8 Å². The van der Waals surface area contributed by atoms with Gasteiger partial charge in [0.05, 0.1) is 17.8 Å². The van der Waals surface area contributed by atoms with Gasteiger partial charge in [-0.2, -0.15) is 10.4 Å². The van der Waals surface area contributed by atoms with Crippen LogP contribution in [0.5, 0.6) is 0 Å². The predicted molar refractivity (Wildman–Crippen MR) is 136 cm³/mol. The molecule has 3 aromatic rings. The average molecular weight is 486 g/mol. The van der Waals surface area contributed by atoms with Crippen molar-refractivity contribution in [2.45, 2.75) is 70.2 Å². The quantitative estimate of drug-likeness (QED) is 0.550. The molecule has 1 aliphatic carbocycles. The molecule has 2 aliphatic rings. The Morgan fingerprint density at radius 3 is 2.67 bits per heavy atom. The molecule has 186 valence electrons. The van der Waals surface area contributed by atoms with Crippen molar-refractivity contribution in [3.8, 4) is 17.2 Å². The van der Waals surface area contributed by atoms with Crippen molar-refractivity contribution < 1.29 is 14.3 Å². The minimum atomic E-state index is -0.690. The van der Waals surface area contributed by atoms with E-state index in [2.05, 4.69) is 27.6 Å². The lowest BCUT2D eigenvalue weighted by atomic mass is 9.97. The molecule has 5 rings (SSSR count). The van der Waals surface area contributed by atoms with Crippen molar-refractivity contribution in [3.63, 3.8) is 0 Å². The summed E-state index contributed by atoms with van der Waals surface area (Å²) in [6.45, 7) is 5.46. The molecule has 2 bridgehead atoms. The first-order chi connectivity index (χ1) is 17.2. The van der Waals surface area contributed by atoms with Crippen molar-refractivity contribution in [1.82, 2.24) is 20.4 Å². The molecule has 4 atom stereocenters. The fourth-order valence-corrected chi connectivity index (χ4v) is 5.48. The van der Waals surface area contributed by atoms with E-state index in [0.717, 1.165) is 46.9 Å². The summed E-state index contributed by atoms with van der Waals surface area (Å²) < 4.78 is 5.59. The second kappa shape index (κ2) is 9.30. The molecule has 2 N–H and O–H groups in total. The first-order valence-corrected chi connectivity index (χ1v) is 12.5. The number of aromatic amines is 1. The molecule has 0 spiro atoms. The van der Waals surface area contributed by atoms with Gasteiger partial charge in [-0.15, -0.1) is 0 Å². The van der Waals surface area contributed by atoms with Crippen molar-refractivity contribution in [2.24, 2.45) is 5.92 Å². The smallest absolute Gasteiger partial charge is 0.411 e. The van der Waals surface area contributed by atoms with Crippen LogP contribution in [0.2, 0.25) is 0 Å². The highest BCUT2D eigenvalue weighted by Crippen LogP contribution is 2.43. The van der Waals surface area contributed by atoms with E-state index in [9.17, 15) is 14.9 Å². The topological polar surface area (TPSA) is 111 Å². The number of benzene rings is 2. The Morgan fingerprint density at radius 1 is 1.19 bits per heavy atom. The van der Waals surface area contributed by atoms with Crippen molar-refractivity contribution in [3.05, 3.63) is 54.2 Å². The van der Waals surface area contributed by atoms with Gasteiger partial charge < -0.3 is 10.1 Å². The summed E-state index contributed by atoms with van der Waals surface area (Å²) in [6.07, 6.45) is 4.33. The van der Waals surface area contributed by atoms with E-state index in [1.165, 1.54) is 0 Å². The summed E-state index contributed by atoms with van der Waals surface area (Å²) in [4.78, 5) is 27.8. The van der Waals surface area contributed by atoms with Gasteiger partial charge in [-0.3, -0.25) is 14.8 Å². The third-order valence-electron chi connectivity index (χ3n) is 7.10. The van der Waals surface area contributed by atoms with E-state index < -0.39 is 23.8 Å². The maximum Gasteiger partial charge on any atom is 0.411 e. The second-order valence-corrected chi connectivity index (χ2v) is 10.8. The molecule has 0 radical (unpaired) electrons. The number of aromatic nitrogens is 2. The Bertz CT molecular complexity index is 1320. The van der Waals surface area contributed by atoms with Crippen molar-refractivity contribution in [2.75, 3.05) is 0 Å². The number of piperidine rings is 1. The van der Waals surface area contributed by atoms with Gasteiger partial charge in [0.2, 0.25) is 5.91 Å². The van der Waals surface area contributed by atoms with E-state index in [4.69, 9.17) is 4.74 Å². The van der Waals surface area contributed by atoms with Gasteiger partial charge in [-0.25, -0.2) is 4.79 Å². The SMILES string of the molecule is CC(C)(C)OC(=O)N1[C@@H]2CC[C@@H](C2)[C@H]1C(=O)N[C@H](C#N)Cc1ccc(-c2ccc3[nH]ncc3c2)cc1. The summed E-state index contributed by atoms with van der Waals surface area (Å²) in [6, 6.07) is 15.1. The Balaban J connectivity index is 1.25. The van der Waals surface area contributed by atoms with Crippen LogP contribution in [0.4, 0.5) is 4.79 Å². The Labute approximate surface area is 210 Å². The minimum Gasteiger partial charge on any atom is -0.444 e. The van der Waals surface area contributed by atoms with Gasteiger partial charge >= 0.3 is 6.09 Å². The van der Waals surface area contributed by atoms with Crippen LogP contribution < -0.4 is 5.32 Å². The molecule has 1 saturated heterocycles. The number of hydrogen-bond acceptors (Lipinski definition) is 5. The van der Waals surface area contributed by atoms with E-state index in [0.29, 0.717) is 6.42 Å². The van der Waals surface area contributed by atoms with Gasteiger partial charge in [0, 0.05) is 17.8 Å². The molecular formula is C28H31N5O3. The third kappa shape index (κ3) is 4.78. The van der Waals surface area contributed by atoms with Gasteiger partial charge in [0.15, 0.2) is 0 Å². The summed E-state index contributed by atoms with van der Waals surface area (Å²) >= 11 is 0. The van der Waals surface area contributed by atoms with E-state index >= 15 is 0 Å². The monoisotopic (exact) mass is 485 g/mol. The predicted octanol–water partition coefficient (Wildman–Crippen LogP) is 4.57. The first-order valence-electron chi connectivity index (χ1n) is 12.5. The summed E-state index contributed by atoms with van der Waals surface area (Å²) in [5.41, 5.74) is 3.45. The maximum atomic E-state index is 13.3. The molecule has 2 heterocycles. The number of carbonyl (C=O) groups excluding carboxylic acids is 2. The number of ether oxygens (including phenoxy) is 1. The zero-order chi connectivity index (χ0) is 25.4. The lowest BCUT2D eigenvalue weighted by Gasteiger charge is -2.35. The van der Waals surface area contributed by atoms with Crippen LogP contribution >= 0.6 is 0 Å². The molecule has 1 aromatic heterocycles. The molecule has 8 nitrogen and oxygen atoms in total. The summed E-state index contributed by atoms with van der Waals surface area (Å²) in [5.74, 6) is -0.168. The van der Waals surface area contributed by atoms with Crippen LogP contribution in [-0.2, 0) is 16.0 Å². The van der Waals surface area contributed by atoms with E-state index in [-0.39, 0.29) is 17.9 Å². The fraction of sp³-hybridized carbons (Fsp3) is 0.429. The fourth-order valence-electron chi connectivity index (χ4n) is 5.48. The summed E-state index contributed by atoms with van der Waals surface area (Å²) in [5, 5.41) is 20.7. The average Bonchev–Trinajstić information content (AvgIpc) is 3.58. The van der Waals surface area contributed by atoms with Crippen LogP contribution in [0.15, 0.2) is 48.7 Å². The van der Waals surface area contributed by atoms with Crippen LogP contribution in [0.1, 0.15) is 45.6 Å². The number of carbonyl (C=O) groups is 2. The zero-order valence-corrected chi connectivity index (χ0v) is 20.8. The largest absolute Gasteiger partial charge is 0.444 e. The Morgan fingerprint density at radius 2 is 1.94 bits per heavy atom. The van der Waals surface area contributed by atoms with Crippen molar-refractivity contribution in [1.29, 1.82) is 5.26 Å². The number of rotatable bonds is 5. The highest BCUT2D eigenvalue weighted by Gasteiger charge is 2.52. The number of fused-ring (bicyclic) bond motifs is 3. The standard InChI is InChI=1S/C28H31N5O3/c1-28(2,3)36-27(35)33-23-10-8-20(14-23)25(33)26(34)31-22(15-29)12-17-4-6-18(7-5-17)19-9-11-24-21(13-19)16-30-32-24/h4-7,9,11,13,16,20,22-23,25H,8,10,12,14H2,1-3H3,(H,30,32)(H,31,34)/t20-,22-,23+,25-/m0/s1. The molecule has 36 heavy (non-hydrogen) atoms. The van der Waals surface area contributed by atoms with E-state index in [1.54, 1.807) is 11.1 Å². The number of likely N-dealkylation sites (tertiary alicyclic amines) is 1. The first kappa shape index (κ1) is 23.9. The molecule has 8 heteroatoms. The molecule has 1 aliphatic heterocycles. The number of nitrogens with zero attached hydrogens (tertiary/aromatic N) is 3.